The minimum Gasteiger partial charge on any atom is -0.366 e. The molecule has 132 valence electrons. The number of aryl methyl sites for hydroxylation is 1. The summed E-state index contributed by atoms with van der Waals surface area (Å²) in [5, 5.41) is 2.88. The summed E-state index contributed by atoms with van der Waals surface area (Å²) < 4.78 is 0. The van der Waals surface area contributed by atoms with Crippen LogP contribution in [-0.2, 0) is 23.2 Å². The third-order valence-electron chi connectivity index (χ3n) is 4.16. The van der Waals surface area contributed by atoms with E-state index in [0.717, 1.165) is 11.1 Å². The zero-order valence-electron chi connectivity index (χ0n) is 15.1. The first-order valence-corrected chi connectivity index (χ1v) is 8.50. The molecule has 0 atom stereocenters. The smallest absolute Gasteiger partial charge is 0.248 e. The first-order chi connectivity index (χ1) is 11.8. The highest BCUT2D eigenvalue weighted by Gasteiger charge is 2.13. The molecule has 0 aliphatic heterocycles. The molecule has 2 aromatic rings. The zero-order chi connectivity index (χ0) is 18.4. The van der Waals surface area contributed by atoms with Crippen LogP contribution in [0.2, 0.25) is 0 Å². The fourth-order valence-electron chi connectivity index (χ4n) is 2.55. The molecule has 0 bridgehead atoms. The Labute approximate surface area is 149 Å². The van der Waals surface area contributed by atoms with E-state index in [9.17, 15) is 9.59 Å². The van der Waals surface area contributed by atoms with Gasteiger partial charge in [0.1, 0.15) is 0 Å². The number of carbonyl (C=O) groups is 2. The van der Waals surface area contributed by atoms with Crippen molar-refractivity contribution in [1.29, 1.82) is 0 Å². The van der Waals surface area contributed by atoms with Crippen molar-refractivity contribution in [3.8, 4) is 0 Å². The van der Waals surface area contributed by atoms with Crippen LogP contribution in [0.4, 0.5) is 0 Å². The molecule has 0 heterocycles. The van der Waals surface area contributed by atoms with E-state index in [1.807, 2.05) is 6.07 Å². The van der Waals surface area contributed by atoms with E-state index in [1.54, 1.807) is 18.2 Å². The van der Waals surface area contributed by atoms with Gasteiger partial charge in [0.05, 0.1) is 0 Å². The SMILES string of the molecule is CC(C)(C)c1ccc(CCC(=O)NCc2cccc(C(N)=O)c2)cc1. The first kappa shape index (κ1) is 18.7. The second-order valence-corrected chi connectivity index (χ2v) is 7.29. The Balaban J connectivity index is 1.83. The van der Waals surface area contributed by atoms with Crippen LogP contribution in [-0.4, -0.2) is 11.8 Å². The van der Waals surface area contributed by atoms with E-state index in [1.165, 1.54) is 5.56 Å². The summed E-state index contributed by atoms with van der Waals surface area (Å²) in [7, 11) is 0. The molecule has 0 fully saturated rings. The van der Waals surface area contributed by atoms with Gasteiger partial charge in [-0.1, -0.05) is 57.2 Å². The lowest BCUT2D eigenvalue weighted by Crippen LogP contribution is -2.23. The summed E-state index contributed by atoms with van der Waals surface area (Å²) in [6.45, 7) is 6.94. The van der Waals surface area contributed by atoms with E-state index in [4.69, 9.17) is 5.73 Å². The second-order valence-electron chi connectivity index (χ2n) is 7.29. The van der Waals surface area contributed by atoms with Crippen molar-refractivity contribution in [3.05, 3.63) is 70.8 Å². The Bertz CT molecular complexity index is 743. The second kappa shape index (κ2) is 7.97. The highest BCUT2D eigenvalue weighted by molar-refractivity contribution is 5.92. The van der Waals surface area contributed by atoms with Gasteiger partial charge in [-0.25, -0.2) is 0 Å². The predicted molar refractivity (Wildman–Crippen MR) is 100 cm³/mol. The van der Waals surface area contributed by atoms with Crippen molar-refractivity contribution >= 4 is 11.8 Å². The molecule has 0 aliphatic rings. The van der Waals surface area contributed by atoms with E-state index in [-0.39, 0.29) is 11.3 Å². The summed E-state index contributed by atoms with van der Waals surface area (Å²) in [5.41, 5.74) is 9.14. The summed E-state index contributed by atoms with van der Waals surface area (Å²) in [5.74, 6) is -0.476. The number of benzene rings is 2. The van der Waals surface area contributed by atoms with Gasteiger partial charge in [-0.3, -0.25) is 9.59 Å². The van der Waals surface area contributed by atoms with Crippen LogP contribution in [0.25, 0.3) is 0 Å². The molecule has 2 rings (SSSR count). The Morgan fingerprint density at radius 3 is 2.28 bits per heavy atom. The number of amides is 2. The van der Waals surface area contributed by atoms with Gasteiger partial charge in [0.25, 0.3) is 0 Å². The molecule has 2 amide bonds. The molecule has 25 heavy (non-hydrogen) atoms. The minimum atomic E-state index is -0.466. The van der Waals surface area contributed by atoms with Gasteiger partial charge in [-0.05, 0) is 40.7 Å². The summed E-state index contributed by atoms with van der Waals surface area (Å²) >= 11 is 0. The number of nitrogens with one attached hydrogen (secondary N) is 1. The van der Waals surface area contributed by atoms with Gasteiger partial charge in [0.2, 0.25) is 11.8 Å². The third kappa shape index (κ3) is 5.75. The van der Waals surface area contributed by atoms with Crippen molar-refractivity contribution in [2.24, 2.45) is 5.73 Å². The van der Waals surface area contributed by atoms with Gasteiger partial charge in [0.15, 0.2) is 0 Å². The molecule has 0 saturated heterocycles. The van der Waals surface area contributed by atoms with Crippen LogP contribution in [0.3, 0.4) is 0 Å². The molecule has 0 saturated carbocycles. The number of carbonyl (C=O) groups excluding carboxylic acids is 2. The van der Waals surface area contributed by atoms with Crippen molar-refractivity contribution in [2.75, 3.05) is 0 Å². The molecule has 3 N–H and O–H groups in total. The van der Waals surface area contributed by atoms with Crippen LogP contribution in [0, 0.1) is 0 Å². The quantitative estimate of drug-likeness (QED) is 0.848. The normalized spacial score (nSPS) is 11.2. The summed E-state index contributed by atoms with van der Waals surface area (Å²) in [4.78, 5) is 23.2. The maximum atomic E-state index is 12.0. The largest absolute Gasteiger partial charge is 0.366 e. The number of hydrogen-bond donors (Lipinski definition) is 2. The highest BCUT2D eigenvalue weighted by Crippen LogP contribution is 2.22. The highest BCUT2D eigenvalue weighted by atomic mass is 16.1. The monoisotopic (exact) mass is 338 g/mol. The van der Waals surface area contributed by atoms with E-state index in [0.29, 0.717) is 24.9 Å². The van der Waals surface area contributed by atoms with Crippen molar-refractivity contribution in [1.82, 2.24) is 5.32 Å². The van der Waals surface area contributed by atoms with Crippen LogP contribution in [0.1, 0.15) is 54.2 Å². The molecular weight excluding hydrogens is 312 g/mol. The molecule has 4 heteroatoms. The minimum absolute atomic E-state index is 0.00984. The molecule has 0 aromatic heterocycles. The van der Waals surface area contributed by atoms with Crippen molar-refractivity contribution in [3.63, 3.8) is 0 Å². The van der Waals surface area contributed by atoms with Gasteiger partial charge in [-0.15, -0.1) is 0 Å². The predicted octanol–water partition coefficient (Wildman–Crippen LogP) is 3.33. The van der Waals surface area contributed by atoms with E-state index < -0.39 is 5.91 Å². The molecule has 2 aromatic carbocycles. The maximum Gasteiger partial charge on any atom is 0.248 e. The Hall–Kier alpha value is -2.62. The molecular formula is C21H26N2O2. The lowest BCUT2D eigenvalue weighted by molar-refractivity contribution is -0.121. The van der Waals surface area contributed by atoms with Crippen LogP contribution in [0.15, 0.2) is 48.5 Å². The Kier molecular flexibility index (Phi) is 5.97. The van der Waals surface area contributed by atoms with Crippen LogP contribution >= 0.6 is 0 Å². The number of nitrogens with two attached hydrogens (primary N) is 1. The fourth-order valence-corrected chi connectivity index (χ4v) is 2.55. The Morgan fingerprint density at radius 1 is 1.00 bits per heavy atom. The van der Waals surface area contributed by atoms with Gasteiger partial charge in [-0.2, -0.15) is 0 Å². The maximum absolute atomic E-state index is 12.0. The topological polar surface area (TPSA) is 72.2 Å². The van der Waals surface area contributed by atoms with Crippen LogP contribution < -0.4 is 11.1 Å². The molecule has 4 nitrogen and oxygen atoms in total. The number of primary amides is 1. The summed E-state index contributed by atoms with van der Waals surface area (Å²) in [6.07, 6.45) is 1.14. The average Bonchev–Trinajstić information content (AvgIpc) is 2.58. The van der Waals surface area contributed by atoms with Crippen LogP contribution in [0.5, 0.6) is 0 Å². The summed E-state index contributed by atoms with van der Waals surface area (Å²) in [6, 6.07) is 15.4. The van der Waals surface area contributed by atoms with Crippen molar-refractivity contribution in [2.45, 2.75) is 45.6 Å². The molecule has 0 aliphatic carbocycles. The molecule has 0 unspecified atom stereocenters. The third-order valence-corrected chi connectivity index (χ3v) is 4.16. The standard InChI is InChI=1S/C21H26N2O2/c1-21(2,3)18-10-7-15(8-11-18)9-12-19(24)23-14-16-5-4-6-17(13-16)20(22)25/h4-8,10-11,13H,9,12,14H2,1-3H3,(H2,22,25)(H,23,24). The van der Waals surface area contributed by atoms with Crippen molar-refractivity contribution < 1.29 is 9.59 Å². The van der Waals surface area contributed by atoms with E-state index in [2.05, 4.69) is 50.4 Å². The fraction of sp³-hybridized carbons (Fsp3) is 0.333. The molecule has 0 spiro atoms. The lowest BCUT2D eigenvalue weighted by atomic mass is 9.86. The Morgan fingerprint density at radius 2 is 1.68 bits per heavy atom. The number of rotatable bonds is 6. The lowest BCUT2D eigenvalue weighted by Gasteiger charge is -2.19. The van der Waals surface area contributed by atoms with E-state index >= 15 is 0 Å². The average molecular weight is 338 g/mol. The zero-order valence-corrected chi connectivity index (χ0v) is 15.1. The van der Waals surface area contributed by atoms with Gasteiger partial charge in [0, 0.05) is 18.5 Å². The first-order valence-electron chi connectivity index (χ1n) is 8.50. The van der Waals surface area contributed by atoms with Gasteiger partial charge < -0.3 is 11.1 Å². The number of hydrogen-bond acceptors (Lipinski definition) is 2. The van der Waals surface area contributed by atoms with Gasteiger partial charge >= 0.3 is 0 Å². The molecule has 0 radical (unpaired) electrons.